The van der Waals surface area contributed by atoms with Crippen LogP contribution in [0.4, 0.5) is 26.3 Å². The van der Waals surface area contributed by atoms with Gasteiger partial charge in [-0.1, -0.05) is 54.6 Å². The molecule has 3 aromatic carbocycles. The molecule has 182 valence electrons. The number of carbonyl (C=O) groups excluding carboxylic acids is 2. The molecule has 0 saturated carbocycles. The fourth-order valence-corrected chi connectivity index (χ4v) is 4.61. The molecule has 0 fully saturated rings. The summed E-state index contributed by atoms with van der Waals surface area (Å²) in [6, 6.07) is 13.7. The quantitative estimate of drug-likeness (QED) is 0.340. The minimum Gasteiger partial charge on any atom is -0.293 e. The van der Waals surface area contributed by atoms with Crippen molar-refractivity contribution in [2.75, 3.05) is 0 Å². The second-order valence-electron chi connectivity index (χ2n) is 8.68. The minimum atomic E-state index is -4.53. The molecule has 0 bridgehead atoms. The van der Waals surface area contributed by atoms with Crippen molar-refractivity contribution in [2.24, 2.45) is 11.8 Å². The van der Waals surface area contributed by atoms with Crippen LogP contribution in [0.2, 0.25) is 0 Å². The highest BCUT2D eigenvalue weighted by atomic mass is 19.4. The lowest BCUT2D eigenvalue weighted by molar-refractivity contribution is -0.138. The van der Waals surface area contributed by atoms with Crippen LogP contribution in [0.1, 0.15) is 37.4 Å². The van der Waals surface area contributed by atoms with E-state index in [4.69, 9.17) is 0 Å². The molecule has 0 spiro atoms. The van der Waals surface area contributed by atoms with Crippen LogP contribution in [0, 0.1) is 11.8 Å². The van der Waals surface area contributed by atoms with Gasteiger partial charge in [-0.05, 0) is 52.6 Å². The van der Waals surface area contributed by atoms with Gasteiger partial charge < -0.3 is 0 Å². The third kappa shape index (κ3) is 4.17. The molecule has 0 N–H and O–H groups in total. The van der Waals surface area contributed by atoms with E-state index in [0.717, 1.165) is 24.3 Å². The van der Waals surface area contributed by atoms with Gasteiger partial charge >= 0.3 is 12.4 Å². The number of carbonyl (C=O) groups is 2. The molecule has 0 aromatic heterocycles. The van der Waals surface area contributed by atoms with Crippen molar-refractivity contribution in [2.45, 2.75) is 12.4 Å². The summed E-state index contributed by atoms with van der Waals surface area (Å²) in [5.41, 5.74) is -0.139. The summed E-state index contributed by atoms with van der Waals surface area (Å²) in [5.74, 6) is -2.49. The number of Topliss-reactive ketones (excluding diaryl/α,β-unsaturated/α-hetero) is 2. The Hall–Kier alpha value is -3.94. The molecule has 36 heavy (non-hydrogen) atoms. The lowest BCUT2D eigenvalue weighted by Crippen LogP contribution is -2.35. The second-order valence-corrected chi connectivity index (χ2v) is 8.68. The van der Waals surface area contributed by atoms with Crippen LogP contribution >= 0.6 is 0 Å². The summed E-state index contributed by atoms with van der Waals surface area (Å²) in [5, 5.41) is 0. The van der Waals surface area contributed by atoms with Gasteiger partial charge in [-0.2, -0.15) is 26.3 Å². The van der Waals surface area contributed by atoms with Crippen LogP contribution in [0.15, 0.2) is 85.0 Å². The van der Waals surface area contributed by atoms with Crippen molar-refractivity contribution in [3.05, 3.63) is 113 Å². The first-order valence-electron chi connectivity index (χ1n) is 10.9. The highest BCUT2D eigenvalue weighted by molar-refractivity contribution is 6.18. The number of hydrogen-bond donors (Lipinski definition) is 0. The number of hydrogen-bond acceptors (Lipinski definition) is 2. The Balaban J connectivity index is 1.51. The first kappa shape index (κ1) is 23.8. The van der Waals surface area contributed by atoms with Crippen LogP contribution in [0.5, 0.6) is 0 Å². The summed E-state index contributed by atoms with van der Waals surface area (Å²) in [4.78, 5) is 26.5. The third-order valence-corrected chi connectivity index (χ3v) is 6.43. The monoisotopic (exact) mass is 498 g/mol. The molecule has 0 saturated heterocycles. The van der Waals surface area contributed by atoms with E-state index in [9.17, 15) is 35.9 Å². The van der Waals surface area contributed by atoms with Gasteiger partial charge in [0, 0.05) is 11.1 Å². The summed E-state index contributed by atoms with van der Waals surface area (Å²) in [6.07, 6.45) is -4.53. The maximum absolute atomic E-state index is 13.3. The molecule has 0 amide bonds. The first-order valence-corrected chi connectivity index (χ1v) is 10.9. The average molecular weight is 498 g/mol. The number of fused-ring (bicyclic) bond motifs is 2. The molecule has 2 aliphatic rings. The van der Waals surface area contributed by atoms with Crippen LogP contribution in [-0.2, 0) is 12.4 Å². The number of halogens is 6. The molecule has 5 rings (SSSR count). The maximum Gasteiger partial charge on any atom is 0.416 e. The largest absolute Gasteiger partial charge is 0.416 e. The van der Waals surface area contributed by atoms with Gasteiger partial charge in [0.2, 0.25) is 0 Å². The summed E-state index contributed by atoms with van der Waals surface area (Å²) < 4.78 is 78.7. The van der Waals surface area contributed by atoms with Gasteiger partial charge in [-0.3, -0.25) is 9.59 Å². The van der Waals surface area contributed by atoms with E-state index in [1.54, 1.807) is 0 Å². The lowest BCUT2D eigenvalue weighted by Gasteiger charge is -2.30. The SMILES string of the molecule is O=C1c2ccc(-c3cccc(C(F)(F)F)c3)cc2C(=O)C2C=CC(c3cccc(C(F)(F)F)c3)=CC12. The van der Waals surface area contributed by atoms with E-state index in [1.165, 1.54) is 60.7 Å². The van der Waals surface area contributed by atoms with E-state index < -0.39 is 35.3 Å². The predicted molar refractivity (Wildman–Crippen MR) is 121 cm³/mol. The molecule has 2 unspecified atom stereocenters. The fourth-order valence-electron chi connectivity index (χ4n) is 4.61. The highest BCUT2D eigenvalue weighted by Crippen LogP contribution is 2.40. The Morgan fingerprint density at radius 3 is 1.78 bits per heavy atom. The molecule has 0 heterocycles. The van der Waals surface area contributed by atoms with Gasteiger partial charge in [0.15, 0.2) is 11.6 Å². The number of benzene rings is 3. The summed E-state index contributed by atoms with van der Waals surface area (Å²) in [7, 11) is 0. The third-order valence-electron chi connectivity index (χ3n) is 6.43. The van der Waals surface area contributed by atoms with E-state index in [0.29, 0.717) is 11.1 Å². The van der Waals surface area contributed by atoms with E-state index in [1.807, 2.05) is 0 Å². The first-order chi connectivity index (χ1) is 16.9. The van der Waals surface area contributed by atoms with Gasteiger partial charge in [0.1, 0.15) is 0 Å². The number of rotatable bonds is 2. The Labute approximate surface area is 201 Å². The molecule has 2 aliphatic carbocycles. The highest BCUT2D eigenvalue weighted by Gasteiger charge is 2.41. The van der Waals surface area contributed by atoms with Crippen LogP contribution in [0.3, 0.4) is 0 Å². The Bertz CT molecular complexity index is 1460. The standard InChI is InChI=1S/C28H16F6O2/c29-27(30,31)19-5-1-3-15(11-19)17-7-9-21-23(13-17)25(35)22-10-8-18(14-24(22)26(21)36)16-4-2-6-20(12-16)28(32,33)34/h1-14,21,23H. The lowest BCUT2D eigenvalue weighted by atomic mass is 9.70. The van der Waals surface area contributed by atoms with Crippen molar-refractivity contribution in [1.82, 2.24) is 0 Å². The van der Waals surface area contributed by atoms with Crippen LogP contribution < -0.4 is 0 Å². The van der Waals surface area contributed by atoms with Crippen molar-refractivity contribution >= 4 is 17.1 Å². The predicted octanol–water partition coefficient (Wildman–Crippen LogP) is 7.66. The topological polar surface area (TPSA) is 34.1 Å². The molecule has 2 nitrogen and oxygen atoms in total. The average Bonchev–Trinajstić information content (AvgIpc) is 2.86. The number of alkyl halides is 6. The van der Waals surface area contributed by atoms with E-state index >= 15 is 0 Å². The van der Waals surface area contributed by atoms with E-state index in [-0.39, 0.29) is 33.8 Å². The Kier molecular flexibility index (Phi) is 5.50. The smallest absolute Gasteiger partial charge is 0.293 e. The minimum absolute atomic E-state index is 0.108. The van der Waals surface area contributed by atoms with Gasteiger partial charge in [0.05, 0.1) is 23.0 Å². The maximum atomic E-state index is 13.3. The zero-order chi connectivity index (χ0) is 25.8. The van der Waals surface area contributed by atoms with Gasteiger partial charge in [-0.15, -0.1) is 0 Å². The zero-order valence-electron chi connectivity index (χ0n) is 18.3. The van der Waals surface area contributed by atoms with Crippen LogP contribution in [-0.4, -0.2) is 11.6 Å². The second kappa shape index (κ2) is 8.33. The van der Waals surface area contributed by atoms with Crippen molar-refractivity contribution in [3.8, 4) is 11.1 Å². The summed E-state index contributed by atoms with van der Waals surface area (Å²) >= 11 is 0. The molecule has 8 heteroatoms. The molecule has 0 radical (unpaired) electrons. The molecule has 2 atom stereocenters. The molecule has 0 aliphatic heterocycles. The Morgan fingerprint density at radius 2 is 1.14 bits per heavy atom. The van der Waals surface area contributed by atoms with E-state index in [2.05, 4.69) is 0 Å². The zero-order valence-corrected chi connectivity index (χ0v) is 18.3. The molecular formula is C28H16F6O2. The van der Waals surface area contributed by atoms with Gasteiger partial charge in [-0.25, -0.2) is 0 Å². The number of ketones is 2. The van der Waals surface area contributed by atoms with Gasteiger partial charge in [0.25, 0.3) is 0 Å². The van der Waals surface area contributed by atoms with Crippen molar-refractivity contribution < 1.29 is 35.9 Å². The fraction of sp³-hybridized carbons (Fsp3) is 0.143. The molecular weight excluding hydrogens is 482 g/mol. The normalized spacial score (nSPS) is 19.6. The Morgan fingerprint density at radius 1 is 0.583 bits per heavy atom. The number of allylic oxidation sites excluding steroid dienone is 4. The summed E-state index contributed by atoms with van der Waals surface area (Å²) in [6.45, 7) is 0. The van der Waals surface area contributed by atoms with Crippen LogP contribution in [0.25, 0.3) is 16.7 Å². The van der Waals surface area contributed by atoms with Crippen molar-refractivity contribution in [1.29, 1.82) is 0 Å². The van der Waals surface area contributed by atoms with Crippen molar-refractivity contribution in [3.63, 3.8) is 0 Å². The molecule has 3 aromatic rings.